The van der Waals surface area contributed by atoms with Crippen LogP contribution in [0.4, 0.5) is 5.82 Å². The number of nitrogens with one attached hydrogen (secondary N) is 1. The molecule has 2 atom stereocenters. The van der Waals surface area contributed by atoms with Crippen molar-refractivity contribution in [3.8, 4) is 0 Å². The smallest absolute Gasteiger partial charge is 0.129 e. The number of hydrogen-bond donors (Lipinski definition) is 1. The highest BCUT2D eigenvalue weighted by atomic mass is 32.2. The Morgan fingerprint density at radius 1 is 1.44 bits per heavy atom. The fourth-order valence-corrected chi connectivity index (χ4v) is 3.53. The maximum atomic E-state index is 4.71. The molecule has 0 amide bonds. The first kappa shape index (κ1) is 13.7. The number of hydrogen-bond acceptors (Lipinski definition) is 4. The highest BCUT2D eigenvalue weighted by Gasteiger charge is 2.26. The van der Waals surface area contributed by atoms with Crippen molar-refractivity contribution in [1.82, 2.24) is 10.3 Å². The second-order valence-corrected chi connectivity index (χ2v) is 6.50. The van der Waals surface area contributed by atoms with Crippen molar-refractivity contribution in [2.75, 3.05) is 24.2 Å². The molecule has 0 spiro atoms. The molecule has 1 aromatic rings. The van der Waals surface area contributed by atoms with E-state index >= 15 is 0 Å². The van der Waals surface area contributed by atoms with Crippen molar-refractivity contribution < 1.29 is 0 Å². The monoisotopic (exact) mass is 265 g/mol. The topological polar surface area (TPSA) is 28.2 Å². The van der Waals surface area contributed by atoms with E-state index in [9.17, 15) is 0 Å². The van der Waals surface area contributed by atoms with Crippen LogP contribution in [0.2, 0.25) is 0 Å². The van der Waals surface area contributed by atoms with Gasteiger partial charge in [-0.05, 0) is 38.6 Å². The molecule has 0 bridgehead atoms. The molecular formula is C14H23N3S. The molecule has 0 aliphatic carbocycles. The molecular weight excluding hydrogens is 242 g/mol. The Morgan fingerprint density at radius 2 is 2.22 bits per heavy atom. The summed E-state index contributed by atoms with van der Waals surface area (Å²) in [6.07, 6.45) is 0. The largest absolute Gasteiger partial charge is 0.352 e. The highest BCUT2D eigenvalue weighted by molar-refractivity contribution is 8.00. The Kier molecular flexibility index (Phi) is 4.51. The van der Waals surface area contributed by atoms with Crippen molar-refractivity contribution in [3.63, 3.8) is 0 Å². The van der Waals surface area contributed by atoms with E-state index in [1.165, 1.54) is 11.3 Å². The number of nitrogens with zero attached hydrogens (tertiary/aromatic N) is 2. The molecule has 0 saturated carbocycles. The molecule has 2 heterocycles. The van der Waals surface area contributed by atoms with Gasteiger partial charge in [0, 0.05) is 35.8 Å². The molecule has 1 aromatic heterocycles. The van der Waals surface area contributed by atoms with Gasteiger partial charge in [0.15, 0.2) is 0 Å². The molecule has 2 rings (SSSR count). The van der Waals surface area contributed by atoms with Gasteiger partial charge in [-0.3, -0.25) is 0 Å². The van der Waals surface area contributed by atoms with Gasteiger partial charge in [-0.25, -0.2) is 4.98 Å². The molecule has 100 valence electrons. The van der Waals surface area contributed by atoms with E-state index in [4.69, 9.17) is 4.98 Å². The Labute approximate surface area is 114 Å². The number of thioether (sulfide) groups is 1. The molecule has 3 nitrogen and oxygen atoms in total. The number of pyridine rings is 1. The summed E-state index contributed by atoms with van der Waals surface area (Å²) in [4.78, 5) is 7.17. The Balaban J connectivity index is 2.26. The van der Waals surface area contributed by atoms with Gasteiger partial charge in [0.1, 0.15) is 5.82 Å². The number of aromatic nitrogens is 1. The van der Waals surface area contributed by atoms with Crippen LogP contribution in [-0.2, 0) is 6.54 Å². The molecule has 1 saturated heterocycles. The zero-order valence-corrected chi connectivity index (χ0v) is 12.5. The van der Waals surface area contributed by atoms with E-state index in [0.29, 0.717) is 11.3 Å². The van der Waals surface area contributed by atoms with E-state index in [2.05, 4.69) is 54.9 Å². The molecule has 1 fully saturated rings. The van der Waals surface area contributed by atoms with Crippen LogP contribution in [0.3, 0.4) is 0 Å². The summed E-state index contributed by atoms with van der Waals surface area (Å²) in [5.41, 5.74) is 2.42. The van der Waals surface area contributed by atoms with E-state index in [1.54, 1.807) is 0 Å². The maximum Gasteiger partial charge on any atom is 0.129 e. The average Bonchev–Trinajstić information content (AvgIpc) is 2.32. The third kappa shape index (κ3) is 2.98. The van der Waals surface area contributed by atoms with Gasteiger partial charge in [0.25, 0.3) is 0 Å². The van der Waals surface area contributed by atoms with Crippen LogP contribution in [0.15, 0.2) is 12.1 Å². The predicted molar refractivity (Wildman–Crippen MR) is 80.5 cm³/mol. The second kappa shape index (κ2) is 5.93. The van der Waals surface area contributed by atoms with Gasteiger partial charge in [0.05, 0.1) is 0 Å². The lowest BCUT2D eigenvalue weighted by atomic mass is 10.1. The Bertz CT molecular complexity index is 408. The minimum absolute atomic E-state index is 0.556. The first-order chi connectivity index (χ1) is 8.61. The van der Waals surface area contributed by atoms with Gasteiger partial charge in [-0.1, -0.05) is 6.92 Å². The second-order valence-electron chi connectivity index (χ2n) is 5.02. The van der Waals surface area contributed by atoms with E-state index in [1.807, 2.05) is 7.05 Å². The lowest BCUT2D eigenvalue weighted by molar-refractivity contribution is 0.619. The zero-order valence-electron chi connectivity index (χ0n) is 11.7. The van der Waals surface area contributed by atoms with Gasteiger partial charge in [0.2, 0.25) is 0 Å². The number of aryl methyl sites for hydroxylation is 1. The van der Waals surface area contributed by atoms with Crippen molar-refractivity contribution in [2.24, 2.45) is 0 Å². The summed E-state index contributed by atoms with van der Waals surface area (Å²) in [6, 6.07) is 4.94. The van der Waals surface area contributed by atoms with Gasteiger partial charge >= 0.3 is 0 Å². The maximum absolute atomic E-state index is 4.71. The van der Waals surface area contributed by atoms with Crippen LogP contribution in [0.5, 0.6) is 0 Å². The third-order valence-corrected chi connectivity index (χ3v) is 4.90. The standard InChI is InChI=1S/C14H23N3S/c1-10-7-13(9-15-4)8-14(16-10)17-5-6-18-12(3)11(17)2/h7-8,11-12,15H,5-6,9H2,1-4H3. The molecule has 1 N–H and O–H groups in total. The van der Waals surface area contributed by atoms with E-state index < -0.39 is 0 Å². The summed E-state index contributed by atoms with van der Waals surface area (Å²) < 4.78 is 0. The van der Waals surface area contributed by atoms with Gasteiger partial charge in [-0.2, -0.15) is 11.8 Å². The molecule has 4 heteroatoms. The molecule has 1 aliphatic heterocycles. The van der Waals surface area contributed by atoms with Crippen LogP contribution in [0.1, 0.15) is 25.1 Å². The fraction of sp³-hybridized carbons (Fsp3) is 0.643. The minimum Gasteiger partial charge on any atom is -0.352 e. The minimum atomic E-state index is 0.556. The third-order valence-electron chi connectivity index (χ3n) is 3.56. The van der Waals surface area contributed by atoms with Crippen molar-refractivity contribution >= 4 is 17.6 Å². The first-order valence-electron chi connectivity index (χ1n) is 6.62. The first-order valence-corrected chi connectivity index (χ1v) is 7.67. The number of anilines is 1. The summed E-state index contributed by atoms with van der Waals surface area (Å²) in [6.45, 7) is 8.70. The van der Waals surface area contributed by atoms with E-state index in [-0.39, 0.29) is 0 Å². The summed E-state index contributed by atoms with van der Waals surface area (Å²) >= 11 is 2.06. The van der Waals surface area contributed by atoms with Crippen LogP contribution in [0.25, 0.3) is 0 Å². The molecule has 2 unspecified atom stereocenters. The quantitative estimate of drug-likeness (QED) is 0.908. The predicted octanol–water partition coefficient (Wildman–Crippen LogP) is 2.44. The van der Waals surface area contributed by atoms with E-state index in [0.717, 1.165) is 24.6 Å². The normalized spacial score (nSPS) is 24.3. The summed E-state index contributed by atoms with van der Waals surface area (Å²) in [5, 5.41) is 3.89. The van der Waals surface area contributed by atoms with Gasteiger partial charge < -0.3 is 10.2 Å². The van der Waals surface area contributed by atoms with Crippen molar-refractivity contribution in [2.45, 2.75) is 38.6 Å². The fourth-order valence-electron chi connectivity index (χ4n) is 2.43. The Hall–Kier alpha value is -0.740. The molecule has 1 aliphatic rings. The molecule has 0 radical (unpaired) electrons. The van der Waals surface area contributed by atoms with Crippen molar-refractivity contribution in [3.05, 3.63) is 23.4 Å². The molecule has 18 heavy (non-hydrogen) atoms. The van der Waals surface area contributed by atoms with Crippen LogP contribution < -0.4 is 10.2 Å². The van der Waals surface area contributed by atoms with Crippen LogP contribution in [-0.4, -0.2) is 35.6 Å². The van der Waals surface area contributed by atoms with Crippen molar-refractivity contribution in [1.29, 1.82) is 0 Å². The molecule has 0 aromatic carbocycles. The SMILES string of the molecule is CNCc1cc(C)nc(N2CCSC(C)C2C)c1. The van der Waals surface area contributed by atoms with Crippen LogP contribution in [0, 0.1) is 6.92 Å². The zero-order chi connectivity index (χ0) is 13.1. The Morgan fingerprint density at radius 3 is 2.94 bits per heavy atom. The number of rotatable bonds is 3. The van der Waals surface area contributed by atoms with Gasteiger partial charge in [-0.15, -0.1) is 0 Å². The lowest BCUT2D eigenvalue weighted by Gasteiger charge is -2.38. The highest BCUT2D eigenvalue weighted by Crippen LogP contribution is 2.28. The summed E-state index contributed by atoms with van der Waals surface area (Å²) in [5.74, 6) is 2.34. The van der Waals surface area contributed by atoms with Crippen LogP contribution >= 0.6 is 11.8 Å². The summed E-state index contributed by atoms with van der Waals surface area (Å²) in [7, 11) is 1.98. The average molecular weight is 265 g/mol. The lowest BCUT2D eigenvalue weighted by Crippen LogP contribution is -2.45.